The molecule has 282 valence electrons. The predicted molar refractivity (Wildman–Crippen MR) is 206 cm³/mol. The lowest BCUT2D eigenvalue weighted by molar-refractivity contribution is -0.133. The number of fused-ring (bicyclic) bond motifs is 5. The third kappa shape index (κ3) is 5.76. The lowest BCUT2D eigenvalue weighted by Gasteiger charge is -2.53. The average molecular weight is 748 g/mol. The summed E-state index contributed by atoms with van der Waals surface area (Å²) in [7, 11) is 5.69. The van der Waals surface area contributed by atoms with Crippen LogP contribution in [-0.2, 0) is 25.4 Å². The van der Waals surface area contributed by atoms with E-state index in [1.54, 1.807) is 0 Å². The van der Waals surface area contributed by atoms with Crippen LogP contribution in [0.4, 0.5) is 0 Å². The quantitative estimate of drug-likeness (QED) is 0.234. The second kappa shape index (κ2) is 14.3. The zero-order valence-corrected chi connectivity index (χ0v) is 32.6. The highest BCUT2D eigenvalue weighted by Crippen LogP contribution is 2.71. The van der Waals surface area contributed by atoms with Gasteiger partial charge in [0.05, 0.1) is 19.8 Å². The first-order valence-electron chi connectivity index (χ1n) is 20.3. The van der Waals surface area contributed by atoms with Gasteiger partial charge in [-0.3, -0.25) is 4.90 Å². The second-order valence-electron chi connectivity index (χ2n) is 17.5. The van der Waals surface area contributed by atoms with Gasteiger partial charge in [-0.2, -0.15) is 0 Å². The molecule has 2 spiro atoms. The van der Waals surface area contributed by atoms with Crippen molar-refractivity contribution in [2.75, 3.05) is 25.2 Å². The highest BCUT2D eigenvalue weighted by molar-refractivity contribution is 8.76. The maximum atomic E-state index is 12.9. The zero-order valence-electron chi connectivity index (χ0n) is 31.0. The first-order valence-corrected chi connectivity index (χ1v) is 22.8. The number of aliphatic hydroxyl groups is 2. The number of carbonyl (C=O) groups is 1. The summed E-state index contributed by atoms with van der Waals surface area (Å²) in [4.78, 5) is 15.6. The number of hydrogen-bond acceptors (Lipinski definition) is 9. The Morgan fingerprint density at radius 1 is 0.962 bits per heavy atom. The van der Waals surface area contributed by atoms with Crippen LogP contribution in [0.1, 0.15) is 96.0 Å². The van der Waals surface area contributed by atoms with Gasteiger partial charge in [0.2, 0.25) is 5.76 Å². The molecule has 10 atom stereocenters. The van der Waals surface area contributed by atoms with E-state index in [9.17, 15) is 15.0 Å². The van der Waals surface area contributed by atoms with Gasteiger partial charge in [-0.25, -0.2) is 4.79 Å². The maximum Gasteiger partial charge on any atom is 0.345 e. The number of hydrogen-bond donors (Lipinski definition) is 2. The Morgan fingerprint density at radius 2 is 1.73 bits per heavy atom. The molecule has 5 heterocycles. The van der Waals surface area contributed by atoms with Crippen molar-refractivity contribution in [2.45, 2.75) is 121 Å². The Morgan fingerprint density at radius 3 is 2.52 bits per heavy atom. The van der Waals surface area contributed by atoms with E-state index in [1.165, 1.54) is 76.2 Å². The Labute approximate surface area is 317 Å². The molecule has 0 aromatic heterocycles. The minimum absolute atomic E-state index is 0.0562. The summed E-state index contributed by atoms with van der Waals surface area (Å²) >= 11 is 0. The number of nitrogens with zero attached hydrogens (tertiary/aromatic N) is 1. The predicted octanol–water partition coefficient (Wildman–Crippen LogP) is 8.18. The van der Waals surface area contributed by atoms with Crippen LogP contribution in [0.25, 0.3) is 0 Å². The fourth-order valence-corrected chi connectivity index (χ4v) is 16.1. The van der Waals surface area contributed by atoms with Crippen LogP contribution in [0.3, 0.4) is 0 Å². The number of benzene rings is 1. The first-order chi connectivity index (χ1) is 25.4. The molecule has 52 heavy (non-hydrogen) atoms. The minimum atomic E-state index is -0.575. The number of aliphatic hydroxyl groups excluding tert-OH is 2. The van der Waals surface area contributed by atoms with Crippen LogP contribution < -0.4 is 0 Å². The lowest BCUT2D eigenvalue weighted by atomic mass is 9.57. The average Bonchev–Trinajstić information content (AvgIpc) is 3.96. The number of allylic oxidation sites excluding steroid dienone is 1. The molecule has 1 aromatic rings. The van der Waals surface area contributed by atoms with Crippen LogP contribution in [0.15, 0.2) is 65.0 Å². The van der Waals surface area contributed by atoms with Crippen molar-refractivity contribution in [3.63, 3.8) is 0 Å². The molecular formula is C43H57NO6S2. The molecular weight excluding hydrogens is 691 g/mol. The van der Waals surface area contributed by atoms with Gasteiger partial charge in [0.25, 0.3) is 0 Å². The van der Waals surface area contributed by atoms with E-state index in [0.29, 0.717) is 46.1 Å². The standard InChI is InChI=1S/C43H57NO6S2/c1-26-37-34-21-28(19-27-9-4-3-5-10-27)20-33-35(46)22-32-29(13-18-43(32)17-8-16-42(43)14-6-7-15-42)24-51-52-25-30(44(33)34)11-12-36(37)49-38(26)40-39(48-2)31(23-45)41(47)50-40/h3-5,9-10,12,26,28-30,32-35,37,45-46H,6-8,11,13-25H2,1-2H3/t26-,28-,29+,30-,32-,33-,34-,35+,37+,43-/m1/s1. The summed E-state index contributed by atoms with van der Waals surface area (Å²) in [5, 5.41) is 22.9. The van der Waals surface area contributed by atoms with Gasteiger partial charge >= 0.3 is 5.97 Å². The molecule has 0 radical (unpaired) electrons. The third-order valence-electron chi connectivity index (χ3n) is 15.4. The Kier molecular flexibility index (Phi) is 9.84. The molecule has 0 unspecified atom stereocenters. The fourth-order valence-electron chi connectivity index (χ4n) is 13.3. The number of carbonyl (C=O) groups excluding carboxylic acids is 1. The van der Waals surface area contributed by atoms with E-state index in [-0.39, 0.29) is 41.4 Å². The van der Waals surface area contributed by atoms with Gasteiger partial charge in [0.1, 0.15) is 11.3 Å². The molecule has 3 saturated carbocycles. The summed E-state index contributed by atoms with van der Waals surface area (Å²) in [6, 6.07) is 11.5. The van der Waals surface area contributed by atoms with E-state index in [4.69, 9.17) is 14.2 Å². The van der Waals surface area contributed by atoms with Gasteiger partial charge in [0.15, 0.2) is 11.5 Å². The number of ether oxygens (including phenoxy) is 3. The SMILES string of the molecule is COC1=C(CO)C(=O)OC1=C1OC2=CC[C@@H]3CSSC[C@@H]4CC[C@]5(CCCC56CCCC6)[C@@H]4C[C@H](O)[C@H]4C[C@@H](Cc5ccccc5)C[C@H]([C@@H]2[C@H]1C)N34. The molecule has 8 aliphatic rings. The second-order valence-corrected chi connectivity index (χ2v) is 20.1. The van der Waals surface area contributed by atoms with Crippen molar-refractivity contribution in [2.24, 2.45) is 40.4 Å². The molecule has 9 rings (SSSR count). The Bertz CT molecular complexity index is 1610. The smallest absolute Gasteiger partial charge is 0.345 e. The zero-order chi connectivity index (χ0) is 35.6. The van der Waals surface area contributed by atoms with E-state index in [0.717, 1.165) is 43.6 Å². The molecule has 3 aliphatic carbocycles. The Balaban J connectivity index is 1.10. The molecule has 9 heteroatoms. The van der Waals surface area contributed by atoms with Gasteiger partial charge in [-0.15, -0.1) is 0 Å². The molecule has 0 amide bonds. The third-order valence-corrected chi connectivity index (χ3v) is 18.0. The van der Waals surface area contributed by atoms with Gasteiger partial charge < -0.3 is 24.4 Å². The summed E-state index contributed by atoms with van der Waals surface area (Å²) < 4.78 is 18.2. The molecule has 3 saturated heterocycles. The van der Waals surface area contributed by atoms with Crippen molar-refractivity contribution < 1.29 is 29.2 Å². The normalized spacial score (nSPS) is 41.6. The largest absolute Gasteiger partial charge is 0.492 e. The minimum Gasteiger partial charge on any atom is -0.492 e. The maximum absolute atomic E-state index is 12.9. The number of piperidine rings is 1. The van der Waals surface area contributed by atoms with Gasteiger partial charge in [-0.1, -0.05) is 78.1 Å². The van der Waals surface area contributed by atoms with E-state index in [1.807, 2.05) is 0 Å². The van der Waals surface area contributed by atoms with Crippen LogP contribution in [0, 0.1) is 40.4 Å². The Hall–Kier alpha value is -1.91. The van der Waals surface area contributed by atoms with Crippen molar-refractivity contribution in [3.05, 3.63) is 70.6 Å². The molecule has 7 nitrogen and oxygen atoms in total. The monoisotopic (exact) mass is 747 g/mol. The van der Waals surface area contributed by atoms with Crippen LogP contribution >= 0.6 is 21.6 Å². The summed E-state index contributed by atoms with van der Waals surface area (Å²) in [5.41, 5.74) is 2.42. The lowest BCUT2D eigenvalue weighted by Crippen LogP contribution is -2.61. The number of esters is 1. The molecule has 1 aromatic carbocycles. The number of cyclic esters (lactones) is 1. The summed E-state index contributed by atoms with van der Waals surface area (Å²) in [5.74, 6) is 5.54. The highest BCUT2D eigenvalue weighted by Gasteiger charge is 2.63. The van der Waals surface area contributed by atoms with Gasteiger partial charge in [0, 0.05) is 41.5 Å². The van der Waals surface area contributed by atoms with Gasteiger partial charge in [-0.05, 0) is 111 Å². The topological polar surface area (TPSA) is 88.5 Å². The fraction of sp³-hybridized carbons (Fsp3) is 0.698. The first kappa shape index (κ1) is 35.8. The summed E-state index contributed by atoms with van der Waals surface area (Å²) in [6.07, 6.45) is 19.3. The number of rotatable bonds is 4. The van der Waals surface area contributed by atoms with Crippen molar-refractivity contribution in [1.82, 2.24) is 4.90 Å². The van der Waals surface area contributed by atoms with Crippen molar-refractivity contribution in [1.29, 1.82) is 0 Å². The van der Waals surface area contributed by atoms with Crippen molar-refractivity contribution in [3.8, 4) is 0 Å². The van der Waals surface area contributed by atoms with Crippen LogP contribution in [0.5, 0.6) is 0 Å². The molecule has 5 aliphatic heterocycles. The highest BCUT2D eigenvalue weighted by atomic mass is 33.1. The molecule has 0 bridgehead atoms. The van der Waals surface area contributed by atoms with E-state index < -0.39 is 12.6 Å². The molecule has 6 fully saturated rings. The molecule has 2 N–H and O–H groups in total. The van der Waals surface area contributed by atoms with Crippen LogP contribution in [0.2, 0.25) is 0 Å². The van der Waals surface area contributed by atoms with E-state index in [2.05, 4.69) is 69.8 Å². The number of methoxy groups -OCH3 is 1. The van der Waals surface area contributed by atoms with E-state index >= 15 is 0 Å². The van der Waals surface area contributed by atoms with Crippen molar-refractivity contribution >= 4 is 27.6 Å². The summed E-state index contributed by atoms with van der Waals surface area (Å²) in [6.45, 7) is 1.75. The van der Waals surface area contributed by atoms with Crippen LogP contribution in [-0.4, -0.2) is 70.5 Å².